The highest BCUT2D eigenvalue weighted by Gasteiger charge is 2.24. The van der Waals surface area contributed by atoms with Crippen molar-refractivity contribution in [2.75, 3.05) is 19.6 Å². The number of ether oxygens (including phenoxy) is 1. The Morgan fingerprint density at radius 2 is 1.65 bits per heavy atom. The molecule has 1 heterocycles. The van der Waals surface area contributed by atoms with Gasteiger partial charge in [-0.2, -0.15) is 0 Å². The van der Waals surface area contributed by atoms with E-state index in [1.807, 2.05) is 0 Å². The topological polar surface area (TPSA) is 38.5 Å². The van der Waals surface area contributed by atoms with Crippen LogP contribution in [-0.4, -0.2) is 36.7 Å². The van der Waals surface area contributed by atoms with Crippen LogP contribution in [-0.2, 0) is 4.74 Å². The molecule has 2 N–H and O–H groups in total. The van der Waals surface area contributed by atoms with Crippen LogP contribution in [0.15, 0.2) is 12.1 Å². The van der Waals surface area contributed by atoms with Crippen LogP contribution in [0.25, 0.3) is 0 Å². The number of nitrogens with two attached hydrogens (primary N) is 1. The highest BCUT2D eigenvalue weighted by molar-refractivity contribution is 5.39. The van der Waals surface area contributed by atoms with Gasteiger partial charge in [0.2, 0.25) is 0 Å². The number of rotatable bonds is 3. The highest BCUT2D eigenvalue weighted by atomic mass is 16.5. The monoisotopic (exact) mass is 276 g/mol. The third-order valence-corrected chi connectivity index (χ3v) is 4.06. The van der Waals surface area contributed by atoms with Gasteiger partial charge in [0.1, 0.15) is 0 Å². The molecule has 2 rings (SSSR count). The first-order valence-electron chi connectivity index (χ1n) is 7.58. The quantitative estimate of drug-likeness (QED) is 0.922. The molecule has 1 aliphatic heterocycles. The minimum atomic E-state index is 0.0769. The fraction of sp³-hybridized carbons (Fsp3) is 0.647. The zero-order chi connectivity index (χ0) is 14.9. The van der Waals surface area contributed by atoms with E-state index in [0.29, 0.717) is 12.2 Å². The normalized spacial score (nSPS) is 25.7. The van der Waals surface area contributed by atoms with Crippen molar-refractivity contribution in [3.8, 4) is 0 Å². The lowest BCUT2D eigenvalue weighted by Crippen LogP contribution is -2.47. The lowest BCUT2D eigenvalue weighted by Gasteiger charge is -2.37. The lowest BCUT2D eigenvalue weighted by atomic mass is 9.94. The summed E-state index contributed by atoms with van der Waals surface area (Å²) < 4.78 is 5.78. The lowest BCUT2D eigenvalue weighted by molar-refractivity contribution is -0.0691. The van der Waals surface area contributed by atoms with Gasteiger partial charge in [-0.3, -0.25) is 4.90 Å². The highest BCUT2D eigenvalue weighted by Crippen LogP contribution is 2.24. The number of nitrogens with zero attached hydrogens (tertiary/aromatic N) is 1. The van der Waals surface area contributed by atoms with Crippen LogP contribution in [0.5, 0.6) is 0 Å². The molecule has 112 valence electrons. The smallest absolute Gasteiger partial charge is 0.0678 e. The molecule has 0 amide bonds. The molecular formula is C17H28N2O. The average Bonchev–Trinajstić information content (AvgIpc) is 2.25. The van der Waals surface area contributed by atoms with Crippen LogP contribution in [0.3, 0.4) is 0 Å². The molecule has 0 radical (unpaired) electrons. The first-order valence-corrected chi connectivity index (χ1v) is 7.58. The van der Waals surface area contributed by atoms with Crippen molar-refractivity contribution in [2.45, 2.75) is 52.9 Å². The summed E-state index contributed by atoms with van der Waals surface area (Å²) in [5, 5.41) is 0. The minimum Gasteiger partial charge on any atom is -0.373 e. The Balaban J connectivity index is 2.10. The molecule has 0 aliphatic carbocycles. The van der Waals surface area contributed by atoms with E-state index in [-0.39, 0.29) is 6.04 Å². The summed E-state index contributed by atoms with van der Waals surface area (Å²) in [6.07, 6.45) is 0.595. The van der Waals surface area contributed by atoms with Gasteiger partial charge in [-0.25, -0.2) is 0 Å². The maximum Gasteiger partial charge on any atom is 0.0678 e. The molecule has 0 aromatic heterocycles. The van der Waals surface area contributed by atoms with Gasteiger partial charge >= 0.3 is 0 Å². The van der Waals surface area contributed by atoms with Gasteiger partial charge in [-0.1, -0.05) is 17.7 Å². The Labute approximate surface area is 123 Å². The molecule has 20 heavy (non-hydrogen) atoms. The molecule has 1 aliphatic rings. The van der Waals surface area contributed by atoms with Crippen molar-refractivity contribution in [3.63, 3.8) is 0 Å². The predicted octanol–water partition coefficient (Wildman–Crippen LogP) is 2.72. The van der Waals surface area contributed by atoms with Crippen molar-refractivity contribution in [1.82, 2.24) is 4.90 Å². The first-order chi connectivity index (χ1) is 9.36. The van der Waals surface area contributed by atoms with Crippen LogP contribution in [0.2, 0.25) is 0 Å². The van der Waals surface area contributed by atoms with Crippen molar-refractivity contribution in [2.24, 2.45) is 5.73 Å². The zero-order valence-corrected chi connectivity index (χ0v) is 13.4. The van der Waals surface area contributed by atoms with Gasteiger partial charge in [0.25, 0.3) is 0 Å². The van der Waals surface area contributed by atoms with Crippen LogP contribution in [0, 0.1) is 20.8 Å². The summed E-state index contributed by atoms with van der Waals surface area (Å²) in [7, 11) is 0. The van der Waals surface area contributed by atoms with Gasteiger partial charge in [0.05, 0.1) is 12.2 Å². The maximum atomic E-state index is 6.49. The number of benzene rings is 1. The molecule has 1 aromatic carbocycles. The molecule has 1 unspecified atom stereocenters. The summed E-state index contributed by atoms with van der Waals surface area (Å²) in [6, 6.07) is 4.53. The van der Waals surface area contributed by atoms with E-state index in [9.17, 15) is 0 Å². The number of aryl methyl sites for hydroxylation is 3. The van der Waals surface area contributed by atoms with Gasteiger partial charge in [0, 0.05) is 25.7 Å². The summed E-state index contributed by atoms with van der Waals surface area (Å²) in [6.45, 7) is 13.6. The van der Waals surface area contributed by atoms with Crippen LogP contribution in [0.1, 0.15) is 42.1 Å². The predicted molar refractivity (Wildman–Crippen MR) is 84.0 cm³/mol. The fourth-order valence-electron chi connectivity index (χ4n) is 3.58. The Bertz CT molecular complexity index is 439. The zero-order valence-electron chi connectivity index (χ0n) is 13.4. The Kier molecular flexibility index (Phi) is 4.84. The number of hydrogen-bond donors (Lipinski definition) is 1. The van der Waals surface area contributed by atoms with E-state index in [1.165, 1.54) is 22.3 Å². The average molecular weight is 276 g/mol. The molecule has 1 saturated heterocycles. The third kappa shape index (κ3) is 3.60. The molecule has 1 fully saturated rings. The SMILES string of the molecule is Cc1cc(C)c(C(N)CN2C[C@@H](C)O[C@@H](C)C2)c(C)c1. The molecule has 0 bridgehead atoms. The van der Waals surface area contributed by atoms with E-state index in [1.54, 1.807) is 0 Å². The summed E-state index contributed by atoms with van der Waals surface area (Å²) in [4.78, 5) is 2.43. The Morgan fingerprint density at radius 3 is 2.15 bits per heavy atom. The van der Waals surface area contributed by atoms with Gasteiger partial charge in [0.15, 0.2) is 0 Å². The van der Waals surface area contributed by atoms with Crippen molar-refractivity contribution in [3.05, 3.63) is 34.4 Å². The van der Waals surface area contributed by atoms with Crippen LogP contribution in [0.4, 0.5) is 0 Å². The molecular weight excluding hydrogens is 248 g/mol. The second-order valence-corrected chi connectivity index (χ2v) is 6.39. The van der Waals surface area contributed by atoms with Crippen molar-refractivity contribution < 1.29 is 4.74 Å². The molecule has 3 atom stereocenters. The Morgan fingerprint density at radius 1 is 1.15 bits per heavy atom. The van der Waals surface area contributed by atoms with Crippen molar-refractivity contribution >= 4 is 0 Å². The van der Waals surface area contributed by atoms with E-state index in [4.69, 9.17) is 10.5 Å². The number of morpholine rings is 1. The third-order valence-electron chi connectivity index (χ3n) is 4.06. The minimum absolute atomic E-state index is 0.0769. The van der Waals surface area contributed by atoms with E-state index in [2.05, 4.69) is 51.7 Å². The summed E-state index contributed by atoms with van der Waals surface area (Å²) in [5.74, 6) is 0. The molecule has 3 heteroatoms. The second kappa shape index (κ2) is 6.25. The second-order valence-electron chi connectivity index (χ2n) is 6.39. The van der Waals surface area contributed by atoms with Crippen LogP contribution < -0.4 is 5.73 Å². The van der Waals surface area contributed by atoms with E-state index in [0.717, 1.165) is 19.6 Å². The maximum absolute atomic E-state index is 6.49. The molecule has 1 aromatic rings. The Hall–Kier alpha value is -0.900. The standard InChI is InChI=1S/C17H28N2O/c1-11-6-12(2)17(13(3)7-11)16(18)10-19-8-14(4)20-15(5)9-19/h6-7,14-16H,8-10,18H2,1-5H3/t14-,15+,16?. The van der Waals surface area contributed by atoms with Crippen LogP contribution >= 0.6 is 0 Å². The van der Waals surface area contributed by atoms with Gasteiger partial charge in [-0.05, 0) is 51.3 Å². The van der Waals surface area contributed by atoms with E-state index >= 15 is 0 Å². The van der Waals surface area contributed by atoms with Crippen molar-refractivity contribution in [1.29, 1.82) is 0 Å². The first kappa shape index (κ1) is 15.5. The van der Waals surface area contributed by atoms with Gasteiger partial charge in [-0.15, -0.1) is 0 Å². The summed E-state index contributed by atoms with van der Waals surface area (Å²) >= 11 is 0. The molecule has 0 saturated carbocycles. The summed E-state index contributed by atoms with van der Waals surface area (Å²) in [5.41, 5.74) is 11.7. The van der Waals surface area contributed by atoms with Gasteiger partial charge < -0.3 is 10.5 Å². The molecule has 0 spiro atoms. The molecule has 3 nitrogen and oxygen atoms in total. The van der Waals surface area contributed by atoms with E-state index < -0.39 is 0 Å². The number of hydrogen-bond acceptors (Lipinski definition) is 3. The fourth-order valence-corrected chi connectivity index (χ4v) is 3.58. The largest absolute Gasteiger partial charge is 0.373 e.